The highest BCUT2D eigenvalue weighted by atomic mass is 16.2. The first-order chi connectivity index (χ1) is 13.2. The van der Waals surface area contributed by atoms with Crippen molar-refractivity contribution in [3.05, 3.63) is 59.7 Å². The normalized spacial score (nSPS) is 17.3. The van der Waals surface area contributed by atoms with E-state index in [9.17, 15) is 9.59 Å². The Bertz CT molecular complexity index is 880. The average Bonchev–Trinajstić information content (AvgIpc) is 3.03. The molecule has 0 bridgehead atoms. The van der Waals surface area contributed by atoms with Gasteiger partial charge in [-0.25, -0.2) is 0 Å². The standard InChI is InChI=1S/C24H30N2O2/c1-16(2)18-10-6-8-12-20(18)25-23(28)17-14-22(27)26(15-17)21-13-9-7-11-19(21)24(3,4)5/h6-13,16-17H,14-15H2,1-5H3,(H,25,28). The topological polar surface area (TPSA) is 49.4 Å². The molecule has 1 fully saturated rings. The average molecular weight is 379 g/mol. The highest BCUT2D eigenvalue weighted by Gasteiger charge is 2.37. The van der Waals surface area contributed by atoms with Crippen molar-refractivity contribution in [2.75, 3.05) is 16.8 Å². The van der Waals surface area contributed by atoms with Crippen LogP contribution in [0.2, 0.25) is 0 Å². The number of carbonyl (C=O) groups excluding carboxylic acids is 2. The van der Waals surface area contributed by atoms with Gasteiger partial charge in [-0.1, -0.05) is 71.0 Å². The summed E-state index contributed by atoms with van der Waals surface area (Å²) in [5.41, 5.74) is 3.90. The summed E-state index contributed by atoms with van der Waals surface area (Å²) >= 11 is 0. The zero-order valence-electron chi connectivity index (χ0n) is 17.5. The molecule has 0 aromatic heterocycles. The molecule has 0 radical (unpaired) electrons. The molecular weight excluding hydrogens is 348 g/mol. The van der Waals surface area contributed by atoms with Gasteiger partial charge >= 0.3 is 0 Å². The van der Waals surface area contributed by atoms with Crippen LogP contribution in [0.3, 0.4) is 0 Å². The third kappa shape index (κ3) is 4.11. The van der Waals surface area contributed by atoms with Gasteiger partial charge < -0.3 is 10.2 Å². The maximum absolute atomic E-state index is 12.9. The third-order valence-corrected chi connectivity index (χ3v) is 5.34. The van der Waals surface area contributed by atoms with Gasteiger partial charge in [-0.15, -0.1) is 0 Å². The SMILES string of the molecule is CC(C)c1ccccc1NC(=O)C1CC(=O)N(c2ccccc2C(C)(C)C)C1. The Balaban J connectivity index is 1.80. The number of carbonyl (C=O) groups is 2. The number of nitrogens with zero attached hydrogens (tertiary/aromatic N) is 1. The molecule has 1 unspecified atom stereocenters. The van der Waals surface area contributed by atoms with Crippen LogP contribution in [-0.4, -0.2) is 18.4 Å². The Labute approximate surface area is 167 Å². The maximum Gasteiger partial charge on any atom is 0.229 e. The second-order valence-electron chi connectivity index (χ2n) is 8.90. The maximum atomic E-state index is 12.9. The number of para-hydroxylation sites is 2. The van der Waals surface area contributed by atoms with Crippen molar-refractivity contribution < 1.29 is 9.59 Å². The van der Waals surface area contributed by atoms with Crippen LogP contribution in [0.4, 0.5) is 11.4 Å². The molecule has 148 valence electrons. The molecule has 4 nitrogen and oxygen atoms in total. The van der Waals surface area contributed by atoms with E-state index in [0.29, 0.717) is 12.5 Å². The molecule has 3 rings (SSSR count). The minimum Gasteiger partial charge on any atom is -0.326 e. The number of nitrogens with one attached hydrogen (secondary N) is 1. The van der Waals surface area contributed by atoms with Gasteiger partial charge in [-0.2, -0.15) is 0 Å². The second-order valence-corrected chi connectivity index (χ2v) is 8.90. The summed E-state index contributed by atoms with van der Waals surface area (Å²) in [5.74, 6) is -0.108. The van der Waals surface area contributed by atoms with Gasteiger partial charge in [-0.3, -0.25) is 9.59 Å². The molecule has 1 aliphatic rings. The van der Waals surface area contributed by atoms with Gasteiger partial charge in [0.25, 0.3) is 0 Å². The number of hydrogen-bond donors (Lipinski definition) is 1. The highest BCUT2D eigenvalue weighted by Crippen LogP contribution is 2.35. The van der Waals surface area contributed by atoms with Gasteiger partial charge in [0.05, 0.1) is 5.92 Å². The first-order valence-electron chi connectivity index (χ1n) is 9.98. The Hall–Kier alpha value is -2.62. The van der Waals surface area contributed by atoms with Crippen LogP contribution in [-0.2, 0) is 15.0 Å². The first-order valence-corrected chi connectivity index (χ1v) is 9.98. The summed E-state index contributed by atoms with van der Waals surface area (Å²) in [6, 6.07) is 15.9. The van der Waals surface area contributed by atoms with E-state index in [0.717, 1.165) is 22.5 Å². The van der Waals surface area contributed by atoms with E-state index in [1.165, 1.54) is 0 Å². The fourth-order valence-corrected chi connectivity index (χ4v) is 3.81. The Kier molecular flexibility index (Phi) is 5.59. The van der Waals surface area contributed by atoms with Crippen molar-refractivity contribution in [1.82, 2.24) is 0 Å². The van der Waals surface area contributed by atoms with E-state index in [-0.39, 0.29) is 29.6 Å². The van der Waals surface area contributed by atoms with Crippen molar-refractivity contribution >= 4 is 23.2 Å². The van der Waals surface area contributed by atoms with Crippen molar-refractivity contribution in [1.29, 1.82) is 0 Å². The predicted octanol–water partition coefficient (Wildman–Crippen LogP) is 5.10. The Morgan fingerprint density at radius 2 is 1.71 bits per heavy atom. The van der Waals surface area contributed by atoms with E-state index >= 15 is 0 Å². The van der Waals surface area contributed by atoms with Gasteiger partial charge in [0, 0.05) is 24.3 Å². The second kappa shape index (κ2) is 7.78. The van der Waals surface area contributed by atoms with Crippen LogP contribution < -0.4 is 10.2 Å². The summed E-state index contributed by atoms with van der Waals surface area (Å²) in [6.07, 6.45) is 0.244. The third-order valence-electron chi connectivity index (χ3n) is 5.34. The molecule has 1 atom stereocenters. The molecule has 2 amide bonds. The fourth-order valence-electron chi connectivity index (χ4n) is 3.81. The number of benzene rings is 2. The summed E-state index contributed by atoms with van der Waals surface area (Å²) < 4.78 is 0. The molecule has 2 aromatic carbocycles. The van der Waals surface area contributed by atoms with Crippen LogP contribution in [0.25, 0.3) is 0 Å². The minimum absolute atomic E-state index is 0.00833. The largest absolute Gasteiger partial charge is 0.326 e. The number of amides is 2. The van der Waals surface area contributed by atoms with Crippen LogP contribution >= 0.6 is 0 Å². The number of anilines is 2. The molecule has 1 saturated heterocycles. The Morgan fingerprint density at radius 3 is 2.39 bits per heavy atom. The lowest BCUT2D eigenvalue weighted by Gasteiger charge is -2.27. The molecule has 0 saturated carbocycles. The van der Waals surface area contributed by atoms with Crippen molar-refractivity contribution in [3.8, 4) is 0 Å². The first kappa shape index (κ1) is 20.1. The molecular formula is C24H30N2O2. The van der Waals surface area contributed by atoms with Crippen LogP contribution in [0.5, 0.6) is 0 Å². The Morgan fingerprint density at radius 1 is 1.07 bits per heavy atom. The molecule has 1 heterocycles. The molecule has 1 aliphatic heterocycles. The fraction of sp³-hybridized carbons (Fsp3) is 0.417. The van der Waals surface area contributed by atoms with Gasteiger partial charge in [0.1, 0.15) is 0 Å². The van der Waals surface area contributed by atoms with E-state index in [1.807, 2.05) is 42.5 Å². The predicted molar refractivity (Wildman–Crippen MR) is 115 cm³/mol. The van der Waals surface area contributed by atoms with Crippen LogP contribution in [0.1, 0.15) is 58.1 Å². The zero-order valence-corrected chi connectivity index (χ0v) is 17.5. The van der Waals surface area contributed by atoms with Crippen molar-refractivity contribution in [3.63, 3.8) is 0 Å². The van der Waals surface area contributed by atoms with Gasteiger partial charge in [0.15, 0.2) is 0 Å². The lowest BCUT2D eigenvalue weighted by molar-refractivity contribution is -0.122. The van der Waals surface area contributed by atoms with Gasteiger partial charge in [0.2, 0.25) is 11.8 Å². The van der Waals surface area contributed by atoms with Gasteiger partial charge in [-0.05, 0) is 34.6 Å². The summed E-state index contributed by atoms with van der Waals surface area (Å²) in [7, 11) is 0. The lowest BCUT2D eigenvalue weighted by Crippen LogP contribution is -2.30. The molecule has 1 N–H and O–H groups in total. The molecule has 0 aliphatic carbocycles. The van der Waals surface area contributed by atoms with Crippen LogP contribution in [0.15, 0.2) is 48.5 Å². The molecule has 2 aromatic rings. The minimum atomic E-state index is -0.347. The number of rotatable bonds is 4. The zero-order chi connectivity index (χ0) is 20.5. The van der Waals surface area contributed by atoms with Crippen molar-refractivity contribution in [2.45, 2.75) is 52.4 Å². The molecule has 28 heavy (non-hydrogen) atoms. The molecule has 4 heteroatoms. The van der Waals surface area contributed by atoms with Crippen molar-refractivity contribution in [2.24, 2.45) is 5.92 Å². The lowest BCUT2D eigenvalue weighted by atomic mass is 9.85. The smallest absolute Gasteiger partial charge is 0.229 e. The summed E-state index contributed by atoms with van der Waals surface area (Å²) in [6.45, 7) is 11.0. The monoisotopic (exact) mass is 378 g/mol. The highest BCUT2D eigenvalue weighted by molar-refractivity contribution is 6.04. The van der Waals surface area contributed by atoms with Crippen LogP contribution in [0, 0.1) is 5.92 Å². The molecule has 0 spiro atoms. The quantitative estimate of drug-likeness (QED) is 0.805. The van der Waals surface area contributed by atoms with E-state index in [2.05, 4.69) is 46.0 Å². The summed E-state index contributed by atoms with van der Waals surface area (Å²) in [4.78, 5) is 27.4. The summed E-state index contributed by atoms with van der Waals surface area (Å²) in [5, 5.41) is 3.05. The van der Waals surface area contributed by atoms with E-state index < -0.39 is 0 Å². The van der Waals surface area contributed by atoms with E-state index in [4.69, 9.17) is 0 Å². The number of hydrogen-bond acceptors (Lipinski definition) is 2. The van der Waals surface area contributed by atoms with E-state index in [1.54, 1.807) is 4.90 Å².